The fourth-order valence-corrected chi connectivity index (χ4v) is 3.76. The Morgan fingerprint density at radius 1 is 1.10 bits per heavy atom. The van der Waals surface area contributed by atoms with Crippen LogP contribution in [0.2, 0.25) is 4.34 Å². The first-order valence-corrected chi connectivity index (χ1v) is 9.79. The normalized spacial score (nSPS) is 10.8. The topological polar surface area (TPSA) is 89.1 Å². The van der Waals surface area contributed by atoms with Gasteiger partial charge in [0.2, 0.25) is 0 Å². The van der Waals surface area contributed by atoms with Crippen molar-refractivity contribution >= 4 is 28.8 Å². The van der Waals surface area contributed by atoms with Gasteiger partial charge in [-0.15, -0.1) is 11.3 Å². The summed E-state index contributed by atoms with van der Waals surface area (Å²) in [5, 5.41) is 12.7. The molecule has 29 heavy (non-hydrogen) atoms. The monoisotopic (exact) mass is 426 g/mol. The predicted octanol–water partition coefficient (Wildman–Crippen LogP) is 3.37. The Labute approximate surface area is 174 Å². The Kier molecular flexibility index (Phi) is 5.20. The highest BCUT2D eigenvalue weighted by Gasteiger charge is 2.10. The van der Waals surface area contributed by atoms with Gasteiger partial charge in [-0.25, -0.2) is 9.55 Å². The zero-order valence-corrected chi connectivity index (χ0v) is 16.5. The number of amides is 1. The highest BCUT2D eigenvalue weighted by atomic mass is 35.5. The third-order valence-electron chi connectivity index (χ3n) is 4.20. The van der Waals surface area contributed by atoms with Crippen molar-refractivity contribution < 1.29 is 9.90 Å². The van der Waals surface area contributed by atoms with Gasteiger partial charge < -0.3 is 15.0 Å². The van der Waals surface area contributed by atoms with E-state index in [4.69, 9.17) is 11.6 Å². The minimum atomic E-state index is -0.314. The molecule has 0 saturated heterocycles. The third kappa shape index (κ3) is 4.08. The number of nitrogens with zero attached hydrogens (tertiary/aromatic N) is 3. The molecule has 0 atom stereocenters. The van der Waals surface area contributed by atoms with Crippen LogP contribution >= 0.6 is 22.9 Å². The van der Waals surface area contributed by atoms with Crippen molar-refractivity contribution in [2.75, 3.05) is 0 Å². The molecule has 3 heterocycles. The maximum absolute atomic E-state index is 12.1. The summed E-state index contributed by atoms with van der Waals surface area (Å²) in [6, 6.07) is 14.8. The fourth-order valence-electron chi connectivity index (χ4n) is 2.80. The van der Waals surface area contributed by atoms with Crippen molar-refractivity contribution in [3.63, 3.8) is 0 Å². The van der Waals surface area contributed by atoms with Crippen LogP contribution in [0.4, 0.5) is 0 Å². The predicted molar refractivity (Wildman–Crippen MR) is 111 cm³/mol. The Hall–Kier alpha value is -3.36. The van der Waals surface area contributed by atoms with Gasteiger partial charge in [0.1, 0.15) is 0 Å². The summed E-state index contributed by atoms with van der Waals surface area (Å²) >= 11 is 7.07. The molecule has 0 aliphatic carbocycles. The molecule has 4 aromatic rings. The lowest BCUT2D eigenvalue weighted by Gasteiger charge is -2.09. The number of halogens is 1. The summed E-state index contributed by atoms with van der Waals surface area (Å²) in [5.41, 5.74) is 1.76. The Morgan fingerprint density at radius 3 is 2.55 bits per heavy atom. The van der Waals surface area contributed by atoms with Gasteiger partial charge in [-0.3, -0.25) is 9.59 Å². The molecule has 0 saturated carbocycles. The van der Waals surface area contributed by atoms with Crippen LogP contribution in [0, 0.1) is 0 Å². The fraction of sp³-hybridized carbons (Fsp3) is 0.0500. The molecule has 3 aromatic heterocycles. The van der Waals surface area contributed by atoms with Crippen molar-refractivity contribution in [1.29, 1.82) is 0 Å². The van der Waals surface area contributed by atoms with Gasteiger partial charge in [-0.05, 0) is 42.5 Å². The zero-order valence-electron chi connectivity index (χ0n) is 14.9. The lowest BCUT2D eigenvalue weighted by molar-refractivity contribution is 0.0954. The zero-order chi connectivity index (χ0) is 20.4. The van der Waals surface area contributed by atoms with Crippen LogP contribution < -0.4 is 10.9 Å². The van der Waals surface area contributed by atoms with Crippen molar-refractivity contribution in [3.8, 4) is 17.3 Å². The van der Waals surface area contributed by atoms with Crippen LogP contribution in [0.25, 0.3) is 11.4 Å². The van der Waals surface area contributed by atoms with Crippen LogP contribution in [-0.2, 0) is 6.54 Å². The summed E-state index contributed by atoms with van der Waals surface area (Å²) in [6.45, 7) is 0.284. The van der Waals surface area contributed by atoms with Crippen LogP contribution in [0.3, 0.4) is 0 Å². The summed E-state index contributed by atoms with van der Waals surface area (Å²) in [5.74, 6) is -0.327. The average molecular weight is 427 g/mol. The molecular weight excluding hydrogens is 412 g/mol. The minimum absolute atomic E-state index is 0.127. The molecule has 0 unspecified atom stereocenters. The van der Waals surface area contributed by atoms with E-state index in [-0.39, 0.29) is 23.9 Å². The van der Waals surface area contributed by atoms with Gasteiger partial charge in [0.05, 0.1) is 33.5 Å². The van der Waals surface area contributed by atoms with Gasteiger partial charge in [0, 0.05) is 18.0 Å². The first-order chi connectivity index (χ1) is 14.0. The third-order valence-corrected chi connectivity index (χ3v) is 5.43. The maximum atomic E-state index is 12.1. The van der Waals surface area contributed by atoms with Crippen molar-refractivity contribution in [3.05, 3.63) is 92.4 Å². The summed E-state index contributed by atoms with van der Waals surface area (Å²) < 4.78 is 3.59. The molecule has 0 bridgehead atoms. The standard InChI is InChI=1S/C20H15ClN4O3S/c21-17-9-8-16(29-17)20(28)22-10-13-11-24(12-23-13)14-4-6-15(7-5-14)25-18(26)2-1-3-19(25)27/h1-9,11-12,26H,10H2,(H,22,28). The number of nitrogens with one attached hydrogen (secondary N) is 1. The number of rotatable bonds is 5. The molecule has 146 valence electrons. The van der Waals surface area contributed by atoms with E-state index in [1.807, 2.05) is 18.3 Å². The van der Waals surface area contributed by atoms with Gasteiger partial charge in [0.15, 0.2) is 5.88 Å². The van der Waals surface area contributed by atoms with E-state index in [1.54, 1.807) is 35.2 Å². The second-order valence-corrected chi connectivity index (χ2v) is 7.85. The highest BCUT2D eigenvalue weighted by Crippen LogP contribution is 2.21. The Morgan fingerprint density at radius 2 is 1.86 bits per heavy atom. The quantitative estimate of drug-likeness (QED) is 0.512. The lowest BCUT2D eigenvalue weighted by Crippen LogP contribution is -2.21. The average Bonchev–Trinajstić information content (AvgIpc) is 3.36. The number of hydrogen-bond acceptors (Lipinski definition) is 5. The molecule has 0 radical (unpaired) electrons. The van der Waals surface area contributed by atoms with E-state index in [1.165, 1.54) is 34.1 Å². The van der Waals surface area contributed by atoms with Gasteiger partial charge in [-0.1, -0.05) is 17.7 Å². The second kappa shape index (κ2) is 7.94. The molecular formula is C20H15ClN4O3S. The summed E-state index contributed by atoms with van der Waals surface area (Å²) in [4.78, 5) is 28.9. The molecule has 0 spiro atoms. The largest absolute Gasteiger partial charge is 0.494 e. The van der Waals surface area contributed by atoms with E-state index in [0.29, 0.717) is 20.6 Å². The smallest absolute Gasteiger partial charge is 0.261 e. The first-order valence-electron chi connectivity index (χ1n) is 8.59. The number of benzene rings is 1. The van der Waals surface area contributed by atoms with Crippen LogP contribution in [0.15, 0.2) is 71.9 Å². The van der Waals surface area contributed by atoms with Crippen molar-refractivity contribution in [2.45, 2.75) is 6.54 Å². The first kappa shape index (κ1) is 19.0. The van der Waals surface area contributed by atoms with Crippen molar-refractivity contribution in [2.24, 2.45) is 0 Å². The Bertz CT molecular complexity index is 1230. The highest BCUT2D eigenvalue weighted by molar-refractivity contribution is 7.17. The maximum Gasteiger partial charge on any atom is 0.261 e. The van der Waals surface area contributed by atoms with Crippen LogP contribution in [-0.4, -0.2) is 25.1 Å². The molecule has 2 N–H and O–H groups in total. The molecule has 4 rings (SSSR count). The number of carbonyl (C=O) groups excluding carboxylic acids is 1. The number of pyridine rings is 1. The summed E-state index contributed by atoms with van der Waals surface area (Å²) in [7, 11) is 0. The van der Waals surface area contributed by atoms with E-state index >= 15 is 0 Å². The minimum Gasteiger partial charge on any atom is -0.494 e. The molecule has 0 aliphatic rings. The molecule has 1 aromatic carbocycles. The van der Waals surface area contributed by atoms with Gasteiger partial charge >= 0.3 is 0 Å². The number of aromatic hydroxyl groups is 1. The number of aromatic nitrogens is 3. The molecule has 1 amide bonds. The lowest BCUT2D eigenvalue weighted by atomic mass is 10.2. The van der Waals surface area contributed by atoms with Gasteiger partial charge in [-0.2, -0.15) is 0 Å². The second-order valence-electron chi connectivity index (χ2n) is 6.13. The number of hydrogen-bond donors (Lipinski definition) is 2. The number of carbonyl (C=O) groups is 1. The van der Waals surface area contributed by atoms with E-state index in [0.717, 1.165) is 5.69 Å². The molecule has 0 aliphatic heterocycles. The molecule has 0 fully saturated rings. The molecule has 9 heteroatoms. The van der Waals surface area contributed by atoms with Crippen LogP contribution in [0.1, 0.15) is 15.4 Å². The SMILES string of the molecule is O=C(NCc1cn(-c2ccc(-n3c(O)cccc3=O)cc2)cn1)c1ccc(Cl)s1. The number of imidazole rings is 1. The molecule has 7 nitrogen and oxygen atoms in total. The van der Waals surface area contributed by atoms with Crippen molar-refractivity contribution in [1.82, 2.24) is 19.4 Å². The Balaban J connectivity index is 1.47. The summed E-state index contributed by atoms with van der Waals surface area (Å²) in [6.07, 6.45) is 3.45. The van der Waals surface area contributed by atoms with E-state index in [2.05, 4.69) is 10.3 Å². The number of thiophene rings is 1. The van der Waals surface area contributed by atoms with Crippen LogP contribution in [0.5, 0.6) is 5.88 Å². The van der Waals surface area contributed by atoms with E-state index in [9.17, 15) is 14.7 Å². The van der Waals surface area contributed by atoms with Gasteiger partial charge in [0.25, 0.3) is 11.5 Å². The van der Waals surface area contributed by atoms with E-state index < -0.39 is 0 Å².